The molecule has 0 unspecified atom stereocenters. The third-order valence-electron chi connectivity index (χ3n) is 3.60. The van der Waals surface area contributed by atoms with Crippen LogP contribution in [0.1, 0.15) is 36.0 Å². The summed E-state index contributed by atoms with van der Waals surface area (Å²) in [4.78, 5) is 23.5. The number of amides is 2. The number of carbonyl (C=O) groups excluding carboxylic acids is 2. The van der Waals surface area contributed by atoms with Crippen LogP contribution in [-0.4, -0.2) is 35.6 Å². The van der Waals surface area contributed by atoms with Gasteiger partial charge in [0.1, 0.15) is 5.82 Å². The summed E-state index contributed by atoms with van der Waals surface area (Å²) in [6.45, 7) is -0.240. The lowest BCUT2D eigenvalue weighted by atomic mass is 9.92. The average Bonchev–Trinajstić information content (AvgIpc) is 2.48. The van der Waals surface area contributed by atoms with Gasteiger partial charge in [0, 0.05) is 0 Å². The van der Waals surface area contributed by atoms with Crippen LogP contribution in [0, 0.1) is 5.82 Å². The second-order valence-electron chi connectivity index (χ2n) is 5.19. The Morgan fingerprint density at radius 3 is 2.67 bits per heavy atom. The van der Waals surface area contributed by atoms with Crippen molar-refractivity contribution in [2.75, 3.05) is 6.54 Å². The highest BCUT2D eigenvalue weighted by Gasteiger charge is 2.24. The highest BCUT2D eigenvalue weighted by atomic mass is 19.1. The minimum atomic E-state index is -0.632. The summed E-state index contributed by atoms with van der Waals surface area (Å²) in [5, 5.41) is 14.8. The molecule has 0 radical (unpaired) electrons. The van der Waals surface area contributed by atoms with E-state index in [2.05, 4.69) is 10.6 Å². The number of aliphatic hydroxyl groups is 1. The second-order valence-corrected chi connectivity index (χ2v) is 5.19. The quantitative estimate of drug-likeness (QED) is 0.774. The predicted molar refractivity (Wildman–Crippen MR) is 75.1 cm³/mol. The molecule has 1 aliphatic carbocycles. The van der Waals surface area contributed by atoms with E-state index in [9.17, 15) is 19.1 Å². The number of benzene rings is 1. The van der Waals surface area contributed by atoms with Gasteiger partial charge in [-0.3, -0.25) is 9.59 Å². The van der Waals surface area contributed by atoms with E-state index in [1.54, 1.807) is 6.07 Å². The highest BCUT2D eigenvalue weighted by Crippen LogP contribution is 2.18. The molecule has 0 aliphatic heterocycles. The van der Waals surface area contributed by atoms with Crippen molar-refractivity contribution in [1.82, 2.24) is 10.6 Å². The molecule has 0 heterocycles. The highest BCUT2D eigenvalue weighted by molar-refractivity contribution is 5.96. The first-order valence-corrected chi connectivity index (χ1v) is 7.08. The van der Waals surface area contributed by atoms with Gasteiger partial charge in [0.2, 0.25) is 5.91 Å². The summed E-state index contributed by atoms with van der Waals surface area (Å²) in [7, 11) is 0. The topological polar surface area (TPSA) is 78.4 Å². The number of nitrogens with one attached hydrogen (secondary N) is 2. The maximum atomic E-state index is 13.4. The van der Waals surface area contributed by atoms with Crippen molar-refractivity contribution in [2.45, 2.75) is 37.8 Å². The molecule has 1 aromatic rings. The normalized spacial score (nSPS) is 21.6. The van der Waals surface area contributed by atoms with Crippen LogP contribution in [0.5, 0.6) is 0 Å². The lowest BCUT2D eigenvalue weighted by Crippen LogP contribution is -2.48. The van der Waals surface area contributed by atoms with Gasteiger partial charge in [-0.1, -0.05) is 25.0 Å². The summed E-state index contributed by atoms with van der Waals surface area (Å²) in [5.74, 6) is -1.64. The Balaban J connectivity index is 1.81. The minimum Gasteiger partial charge on any atom is -0.391 e. The van der Waals surface area contributed by atoms with Crippen molar-refractivity contribution >= 4 is 11.8 Å². The molecule has 3 N–H and O–H groups in total. The molecule has 1 saturated carbocycles. The van der Waals surface area contributed by atoms with Gasteiger partial charge in [-0.2, -0.15) is 0 Å². The zero-order valence-electron chi connectivity index (χ0n) is 11.6. The maximum Gasteiger partial charge on any atom is 0.254 e. The van der Waals surface area contributed by atoms with E-state index < -0.39 is 17.8 Å². The van der Waals surface area contributed by atoms with Gasteiger partial charge in [0.05, 0.1) is 24.3 Å². The van der Waals surface area contributed by atoms with Gasteiger partial charge in [-0.25, -0.2) is 4.39 Å². The fraction of sp³-hybridized carbons (Fsp3) is 0.467. The van der Waals surface area contributed by atoms with Crippen LogP contribution in [0.25, 0.3) is 0 Å². The molecule has 2 amide bonds. The van der Waals surface area contributed by atoms with E-state index in [0.29, 0.717) is 6.42 Å². The molecule has 2 rings (SSSR count). The summed E-state index contributed by atoms with van der Waals surface area (Å²) in [6.07, 6.45) is 2.78. The van der Waals surface area contributed by atoms with Gasteiger partial charge in [0.25, 0.3) is 5.91 Å². The Morgan fingerprint density at radius 2 is 1.95 bits per heavy atom. The molecule has 0 bridgehead atoms. The number of aliphatic hydroxyl groups excluding tert-OH is 1. The Kier molecular flexibility index (Phi) is 5.27. The monoisotopic (exact) mass is 294 g/mol. The predicted octanol–water partition coefficient (Wildman–Crippen LogP) is 0.975. The fourth-order valence-corrected chi connectivity index (χ4v) is 2.44. The first-order valence-electron chi connectivity index (χ1n) is 7.08. The van der Waals surface area contributed by atoms with Crippen LogP contribution in [0.3, 0.4) is 0 Å². The van der Waals surface area contributed by atoms with Gasteiger partial charge >= 0.3 is 0 Å². The molecule has 5 nitrogen and oxygen atoms in total. The van der Waals surface area contributed by atoms with Crippen LogP contribution in [0.2, 0.25) is 0 Å². The number of hydrogen-bond donors (Lipinski definition) is 3. The molecule has 0 spiro atoms. The Hall–Kier alpha value is -1.95. The Labute approximate surface area is 122 Å². The molecule has 6 heteroatoms. The van der Waals surface area contributed by atoms with Crippen molar-refractivity contribution < 1.29 is 19.1 Å². The average molecular weight is 294 g/mol. The largest absolute Gasteiger partial charge is 0.391 e. The van der Waals surface area contributed by atoms with Crippen molar-refractivity contribution in [1.29, 1.82) is 0 Å². The lowest BCUT2D eigenvalue weighted by Gasteiger charge is -2.28. The van der Waals surface area contributed by atoms with E-state index in [1.165, 1.54) is 18.2 Å². The van der Waals surface area contributed by atoms with Gasteiger partial charge in [-0.05, 0) is 25.0 Å². The number of rotatable bonds is 4. The van der Waals surface area contributed by atoms with E-state index in [4.69, 9.17) is 0 Å². The number of hydrogen-bond acceptors (Lipinski definition) is 3. The van der Waals surface area contributed by atoms with E-state index in [0.717, 1.165) is 19.3 Å². The first kappa shape index (κ1) is 15.4. The zero-order valence-corrected chi connectivity index (χ0v) is 11.6. The van der Waals surface area contributed by atoms with Crippen LogP contribution in [0.15, 0.2) is 24.3 Å². The number of carbonyl (C=O) groups is 2. The van der Waals surface area contributed by atoms with Crippen LogP contribution in [-0.2, 0) is 4.79 Å². The Bertz CT molecular complexity index is 521. The lowest BCUT2D eigenvalue weighted by molar-refractivity contribution is -0.122. The molecular formula is C15H19FN2O3. The molecule has 0 aromatic heterocycles. The molecule has 1 aliphatic rings. The smallest absolute Gasteiger partial charge is 0.254 e. The zero-order chi connectivity index (χ0) is 15.2. The van der Waals surface area contributed by atoms with Gasteiger partial charge in [-0.15, -0.1) is 0 Å². The molecule has 0 saturated heterocycles. The fourth-order valence-electron chi connectivity index (χ4n) is 2.44. The van der Waals surface area contributed by atoms with Crippen molar-refractivity contribution in [2.24, 2.45) is 0 Å². The number of halogens is 1. The maximum absolute atomic E-state index is 13.4. The van der Waals surface area contributed by atoms with E-state index >= 15 is 0 Å². The SMILES string of the molecule is O=C(CNC(=O)c1ccccc1F)N[C@@H]1CCCC[C@H]1O. The molecule has 1 fully saturated rings. The minimum absolute atomic E-state index is 0.0944. The molecule has 1 aromatic carbocycles. The van der Waals surface area contributed by atoms with Crippen LogP contribution in [0.4, 0.5) is 4.39 Å². The van der Waals surface area contributed by atoms with Crippen molar-refractivity contribution in [3.63, 3.8) is 0 Å². The van der Waals surface area contributed by atoms with Crippen molar-refractivity contribution in [3.8, 4) is 0 Å². The van der Waals surface area contributed by atoms with E-state index in [1.807, 2.05) is 0 Å². The molecule has 2 atom stereocenters. The second kappa shape index (κ2) is 7.17. The summed E-state index contributed by atoms with van der Waals surface area (Å²) in [5.41, 5.74) is -0.0944. The van der Waals surface area contributed by atoms with Gasteiger partial charge in [0.15, 0.2) is 0 Å². The summed E-state index contributed by atoms with van der Waals surface area (Å²) in [6, 6.07) is 5.32. The molecular weight excluding hydrogens is 275 g/mol. The first-order chi connectivity index (χ1) is 10.1. The third kappa shape index (κ3) is 4.26. The van der Waals surface area contributed by atoms with Crippen LogP contribution >= 0.6 is 0 Å². The third-order valence-corrected chi connectivity index (χ3v) is 3.60. The summed E-state index contributed by atoms with van der Waals surface area (Å²) < 4.78 is 13.4. The molecule has 114 valence electrons. The molecule has 21 heavy (non-hydrogen) atoms. The van der Waals surface area contributed by atoms with Gasteiger partial charge < -0.3 is 15.7 Å². The van der Waals surface area contributed by atoms with E-state index in [-0.39, 0.29) is 24.1 Å². The van der Waals surface area contributed by atoms with Crippen molar-refractivity contribution in [3.05, 3.63) is 35.6 Å². The van der Waals surface area contributed by atoms with Crippen LogP contribution < -0.4 is 10.6 Å². The summed E-state index contributed by atoms with van der Waals surface area (Å²) >= 11 is 0. The standard InChI is InChI=1S/C15H19FN2O3/c16-11-6-2-1-5-10(11)15(21)17-9-14(20)18-12-7-3-4-8-13(12)19/h1-2,5-6,12-13,19H,3-4,7-9H2,(H,17,21)(H,18,20)/t12-,13-/m1/s1. The Morgan fingerprint density at radius 1 is 1.24 bits per heavy atom.